The normalized spacial score (nSPS) is 10.6. The Labute approximate surface area is 176 Å². The van der Waals surface area contributed by atoms with Crippen LogP contribution in [0.3, 0.4) is 0 Å². The summed E-state index contributed by atoms with van der Waals surface area (Å²) in [6.07, 6.45) is 1.96. The van der Waals surface area contributed by atoms with Crippen molar-refractivity contribution in [2.24, 2.45) is 0 Å². The van der Waals surface area contributed by atoms with Gasteiger partial charge in [-0.1, -0.05) is 59.7 Å². The monoisotopic (exact) mass is 449 g/mol. The third-order valence-corrected chi connectivity index (χ3v) is 5.39. The largest absolute Gasteiger partial charge is 0.494 e. The number of hydrogen-bond donors (Lipinski definition) is 2. The first kappa shape index (κ1) is 21.6. The minimum absolute atomic E-state index is 0.196. The highest BCUT2D eigenvalue weighted by Gasteiger charge is 2.28. The zero-order valence-electron chi connectivity index (χ0n) is 14.1. The number of ether oxygens (including phenoxy) is 1. The van der Waals surface area contributed by atoms with Crippen molar-refractivity contribution in [2.45, 2.75) is 19.8 Å². The van der Waals surface area contributed by atoms with Crippen molar-refractivity contribution in [3.05, 3.63) is 55.5 Å². The number of amides is 1. The first-order chi connectivity index (χ1) is 12.8. The van der Waals surface area contributed by atoms with Crippen LogP contribution >= 0.6 is 46.4 Å². The van der Waals surface area contributed by atoms with E-state index in [1.54, 1.807) is 24.3 Å². The second-order valence-corrected chi connectivity index (χ2v) is 7.00. The lowest BCUT2D eigenvalue weighted by molar-refractivity contribution is 0.0692. The molecule has 0 aliphatic rings. The summed E-state index contributed by atoms with van der Waals surface area (Å²) in [5, 5.41) is 10.9. The van der Waals surface area contributed by atoms with Crippen LogP contribution in [0.2, 0.25) is 20.1 Å². The van der Waals surface area contributed by atoms with Gasteiger partial charge in [0.15, 0.2) is 0 Å². The Morgan fingerprint density at radius 2 is 1.52 bits per heavy atom. The summed E-state index contributed by atoms with van der Waals surface area (Å²) in [4.78, 5) is 24.2. The maximum atomic E-state index is 12.6. The van der Waals surface area contributed by atoms with Crippen molar-refractivity contribution >= 4 is 64.0 Å². The van der Waals surface area contributed by atoms with Crippen molar-refractivity contribution in [1.29, 1.82) is 0 Å². The summed E-state index contributed by atoms with van der Waals surface area (Å²) in [5.41, 5.74) is -0.475. The molecular formula is C18H15Cl4NO4. The lowest BCUT2D eigenvalue weighted by Gasteiger charge is -2.14. The maximum Gasteiger partial charge on any atom is 0.338 e. The number of aromatic carboxylic acids is 1. The predicted molar refractivity (Wildman–Crippen MR) is 108 cm³/mol. The van der Waals surface area contributed by atoms with Crippen LogP contribution in [0.15, 0.2) is 24.3 Å². The third kappa shape index (κ3) is 4.99. The molecule has 0 saturated carbocycles. The summed E-state index contributed by atoms with van der Waals surface area (Å²) >= 11 is 23.8. The Balaban J connectivity index is 2.29. The number of rotatable bonds is 7. The molecule has 2 aromatic carbocycles. The average molecular weight is 451 g/mol. The lowest BCUT2D eigenvalue weighted by Crippen LogP contribution is -2.18. The maximum absolute atomic E-state index is 12.6. The summed E-state index contributed by atoms with van der Waals surface area (Å²) in [7, 11) is 0. The molecule has 9 heteroatoms. The highest BCUT2D eigenvalue weighted by Crippen LogP contribution is 2.41. The smallest absolute Gasteiger partial charge is 0.338 e. The molecule has 5 nitrogen and oxygen atoms in total. The zero-order chi connectivity index (χ0) is 20.1. The number of nitrogens with one attached hydrogen (secondary N) is 1. The van der Waals surface area contributed by atoms with Crippen molar-refractivity contribution < 1.29 is 19.4 Å². The standard InChI is InChI=1S/C18H15Cl4NO4/c1-2-3-8-27-10-6-4-9(5-7-10)23-17(24)11-12(18(25)26)14(20)16(22)15(21)13(11)19/h4-7H,2-3,8H2,1H3,(H,23,24)(H,25,26). The molecule has 2 aromatic rings. The highest BCUT2D eigenvalue weighted by molar-refractivity contribution is 6.54. The molecule has 144 valence electrons. The van der Waals surface area contributed by atoms with Crippen LogP contribution in [0.5, 0.6) is 5.75 Å². The van der Waals surface area contributed by atoms with Gasteiger partial charge >= 0.3 is 5.97 Å². The Morgan fingerprint density at radius 3 is 2.04 bits per heavy atom. The van der Waals surface area contributed by atoms with Crippen molar-refractivity contribution in [3.63, 3.8) is 0 Å². The summed E-state index contributed by atoms with van der Waals surface area (Å²) in [5.74, 6) is -1.58. The number of halogens is 4. The fourth-order valence-corrected chi connectivity index (χ4v) is 3.23. The molecule has 0 unspecified atom stereocenters. The number of unbranched alkanes of at least 4 members (excludes halogenated alkanes) is 1. The Hall–Kier alpha value is -1.66. The number of benzene rings is 2. The van der Waals surface area contributed by atoms with E-state index in [1.807, 2.05) is 0 Å². The SMILES string of the molecule is CCCCOc1ccc(NC(=O)c2c(Cl)c(Cl)c(Cl)c(Cl)c2C(=O)O)cc1. The van der Waals surface area contributed by atoms with Crippen LogP contribution in [0.1, 0.15) is 40.5 Å². The van der Waals surface area contributed by atoms with Gasteiger partial charge in [0.25, 0.3) is 5.91 Å². The molecule has 0 fully saturated rings. The molecular weight excluding hydrogens is 436 g/mol. The predicted octanol–water partition coefficient (Wildman–Crippen LogP) is 6.43. The third-order valence-electron chi connectivity index (χ3n) is 3.59. The number of hydrogen-bond acceptors (Lipinski definition) is 3. The van der Waals surface area contributed by atoms with E-state index in [4.69, 9.17) is 51.1 Å². The Kier molecular flexibility index (Phi) is 7.62. The second-order valence-electron chi connectivity index (χ2n) is 5.49. The number of anilines is 1. The quantitative estimate of drug-likeness (QED) is 0.289. The van der Waals surface area contributed by atoms with E-state index in [2.05, 4.69) is 12.2 Å². The highest BCUT2D eigenvalue weighted by atomic mass is 35.5. The van der Waals surface area contributed by atoms with Crippen LogP contribution in [-0.2, 0) is 0 Å². The molecule has 0 atom stereocenters. The van der Waals surface area contributed by atoms with Gasteiger partial charge in [0, 0.05) is 5.69 Å². The molecule has 0 saturated heterocycles. The van der Waals surface area contributed by atoms with E-state index in [0.29, 0.717) is 18.0 Å². The molecule has 0 radical (unpaired) electrons. The van der Waals surface area contributed by atoms with E-state index >= 15 is 0 Å². The summed E-state index contributed by atoms with van der Waals surface area (Å²) in [6.45, 7) is 2.66. The Morgan fingerprint density at radius 1 is 0.963 bits per heavy atom. The fraction of sp³-hybridized carbons (Fsp3) is 0.222. The molecule has 0 heterocycles. The van der Waals surface area contributed by atoms with Crippen LogP contribution < -0.4 is 10.1 Å². The lowest BCUT2D eigenvalue weighted by atomic mass is 10.1. The van der Waals surface area contributed by atoms with Gasteiger partial charge in [-0.2, -0.15) is 0 Å². The molecule has 0 aliphatic carbocycles. The topological polar surface area (TPSA) is 75.6 Å². The van der Waals surface area contributed by atoms with Gasteiger partial charge in [0.05, 0.1) is 37.8 Å². The van der Waals surface area contributed by atoms with E-state index in [9.17, 15) is 14.7 Å². The van der Waals surface area contributed by atoms with Gasteiger partial charge in [-0.05, 0) is 30.7 Å². The molecule has 0 aromatic heterocycles. The van der Waals surface area contributed by atoms with E-state index in [0.717, 1.165) is 12.8 Å². The zero-order valence-corrected chi connectivity index (χ0v) is 17.1. The Bertz CT molecular complexity index is 869. The second kappa shape index (κ2) is 9.51. The van der Waals surface area contributed by atoms with Gasteiger partial charge in [-0.25, -0.2) is 4.79 Å². The van der Waals surface area contributed by atoms with Gasteiger partial charge in [-0.15, -0.1) is 0 Å². The van der Waals surface area contributed by atoms with Gasteiger partial charge < -0.3 is 15.2 Å². The van der Waals surface area contributed by atoms with Crippen molar-refractivity contribution in [1.82, 2.24) is 0 Å². The minimum Gasteiger partial charge on any atom is -0.494 e. The fourth-order valence-electron chi connectivity index (χ4n) is 2.21. The van der Waals surface area contributed by atoms with Gasteiger partial charge in [0.2, 0.25) is 0 Å². The molecule has 0 spiro atoms. The first-order valence-corrected chi connectivity index (χ1v) is 9.42. The summed E-state index contributed by atoms with van der Waals surface area (Å²) in [6, 6.07) is 6.61. The number of carbonyl (C=O) groups excluding carboxylic acids is 1. The van der Waals surface area contributed by atoms with Crippen LogP contribution in [0, 0.1) is 0 Å². The minimum atomic E-state index is -1.45. The number of carbonyl (C=O) groups is 2. The van der Waals surface area contributed by atoms with Crippen LogP contribution in [-0.4, -0.2) is 23.6 Å². The molecule has 27 heavy (non-hydrogen) atoms. The van der Waals surface area contributed by atoms with Gasteiger partial charge in [0.1, 0.15) is 5.75 Å². The number of carboxylic acid groups (broad SMARTS) is 1. The average Bonchev–Trinajstić information content (AvgIpc) is 2.64. The molecule has 1 amide bonds. The molecule has 0 aliphatic heterocycles. The van der Waals surface area contributed by atoms with Crippen molar-refractivity contribution in [2.75, 3.05) is 11.9 Å². The van der Waals surface area contributed by atoms with Crippen LogP contribution in [0.25, 0.3) is 0 Å². The van der Waals surface area contributed by atoms with Crippen LogP contribution in [0.4, 0.5) is 5.69 Å². The molecule has 2 N–H and O–H groups in total. The van der Waals surface area contributed by atoms with E-state index in [-0.39, 0.29) is 25.7 Å². The van der Waals surface area contributed by atoms with E-state index in [1.165, 1.54) is 0 Å². The van der Waals surface area contributed by atoms with Crippen molar-refractivity contribution in [3.8, 4) is 5.75 Å². The summed E-state index contributed by atoms with van der Waals surface area (Å²) < 4.78 is 5.54. The van der Waals surface area contributed by atoms with E-state index < -0.39 is 17.4 Å². The molecule has 0 bridgehead atoms. The van der Waals surface area contributed by atoms with Gasteiger partial charge in [-0.3, -0.25) is 4.79 Å². The first-order valence-electron chi connectivity index (χ1n) is 7.91. The number of carboxylic acids is 1. The molecule has 2 rings (SSSR count).